The molecule has 31 heavy (non-hydrogen) atoms. The molecule has 168 valence electrons. The lowest BCUT2D eigenvalue weighted by Gasteiger charge is -2.26. The van der Waals surface area contributed by atoms with Gasteiger partial charge in [0.2, 0.25) is 5.91 Å². The normalized spacial score (nSPS) is 16.6. The first-order valence-electron chi connectivity index (χ1n) is 11.2. The number of aromatic nitrogens is 1. The van der Waals surface area contributed by atoms with Gasteiger partial charge in [-0.2, -0.15) is 0 Å². The van der Waals surface area contributed by atoms with Crippen LogP contribution in [0.3, 0.4) is 0 Å². The van der Waals surface area contributed by atoms with Gasteiger partial charge in [0.1, 0.15) is 12.6 Å². The number of imide groups is 1. The Hall–Kier alpha value is -2.83. The third-order valence-electron chi connectivity index (χ3n) is 5.80. The molecule has 7 nitrogen and oxygen atoms in total. The van der Waals surface area contributed by atoms with Crippen molar-refractivity contribution >= 4 is 28.7 Å². The zero-order valence-electron chi connectivity index (χ0n) is 19.0. The Morgan fingerprint density at radius 3 is 2.35 bits per heavy atom. The molecule has 1 aromatic carbocycles. The van der Waals surface area contributed by atoms with Crippen molar-refractivity contribution in [3.8, 4) is 0 Å². The number of rotatable bonds is 10. The predicted molar refractivity (Wildman–Crippen MR) is 122 cm³/mol. The molecular formula is C24H34N4O3. The van der Waals surface area contributed by atoms with Crippen LogP contribution in [0.4, 0.5) is 4.79 Å². The smallest absolute Gasteiger partial charge is 0.325 e. The van der Waals surface area contributed by atoms with E-state index in [0.717, 1.165) is 34.2 Å². The summed E-state index contributed by atoms with van der Waals surface area (Å²) in [5.74, 6) is 0.451. The molecule has 1 saturated heterocycles. The maximum absolute atomic E-state index is 13.0. The number of urea groups is 1. The molecular weight excluding hydrogens is 392 g/mol. The second kappa shape index (κ2) is 9.98. The van der Waals surface area contributed by atoms with Crippen LogP contribution in [0.1, 0.15) is 46.1 Å². The van der Waals surface area contributed by atoms with E-state index in [1.807, 2.05) is 30.5 Å². The van der Waals surface area contributed by atoms with Crippen molar-refractivity contribution in [3.05, 3.63) is 36.0 Å². The molecule has 1 aliphatic heterocycles. The number of nitrogens with zero attached hydrogens (tertiary/aromatic N) is 2. The van der Waals surface area contributed by atoms with E-state index >= 15 is 0 Å². The summed E-state index contributed by atoms with van der Waals surface area (Å²) in [5, 5.41) is 3.79. The number of nitrogens with one attached hydrogen (secondary N) is 2. The molecule has 0 bridgehead atoms. The summed E-state index contributed by atoms with van der Waals surface area (Å²) in [6.07, 6.45) is 4.06. The van der Waals surface area contributed by atoms with Crippen LogP contribution < -0.4 is 5.32 Å². The van der Waals surface area contributed by atoms with Crippen LogP contribution in [-0.2, 0) is 16.0 Å². The van der Waals surface area contributed by atoms with Crippen LogP contribution in [0.5, 0.6) is 0 Å². The Morgan fingerprint density at radius 2 is 1.71 bits per heavy atom. The van der Waals surface area contributed by atoms with E-state index in [2.05, 4.69) is 38.0 Å². The fourth-order valence-electron chi connectivity index (χ4n) is 3.81. The van der Waals surface area contributed by atoms with Crippen LogP contribution in [0.25, 0.3) is 10.9 Å². The number of carbonyl (C=O) groups excluding carboxylic acids is 3. The van der Waals surface area contributed by atoms with Crippen molar-refractivity contribution in [2.45, 2.75) is 53.0 Å². The number of hydrogen-bond acceptors (Lipinski definition) is 3. The highest BCUT2D eigenvalue weighted by molar-refractivity contribution is 6.06. The van der Waals surface area contributed by atoms with E-state index in [1.165, 1.54) is 0 Å². The minimum atomic E-state index is -0.653. The summed E-state index contributed by atoms with van der Waals surface area (Å²) >= 11 is 0. The quantitative estimate of drug-likeness (QED) is 0.570. The zero-order valence-corrected chi connectivity index (χ0v) is 19.0. The van der Waals surface area contributed by atoms with Crippen LogP contribution >= 0.6 is 0 Å². The third-order valence-corrected chi connectivity index (χ3v) is 5.80. The Labute approximate surface area is 184 Å². The van der Waals surface area contributed by atoms with E-state index in [0.29, 0.717) is 31.3 Å². The monoisotopic (exact) mass is 426 g/mol. The lowest BCUT2D eigenvalue weighted by molar-refractivity contribution is -0.137. The van der Waals surface area contributed by atoms with Gasteiger partial charge >= 0.3 is 6.03 Å². The SMILES string of the molecule is CC(C)CCN(CCC(C)C)C(=O)CN1C(=O)NC(Cc2c[nH]c3ccccc23)C1=O. The molecule has 0 saturated carbocycles. The molecule has 1 fully saturated rings. The molecule has 4 amide bonds. The number of para-hydroxylation sites is 1. The van der Waals surface area contributed by atoms with Crippen molar-refractivity contribution in [2.24, 2.45) is 11.8 Å². The number of carbonyl (C=O) groups is 3. The highest BCUT2D eigenvalue weighted by Crippen LogP contribution is 2.21. The standard InChI is InChI=1S/C24H34N4O3/c1-16(2)9-11-27(12-10-17(3)4)22(29)15-28-23(30)21(26-24(28)31)13-18-14-25-20-8-6-5-7-19(18)20/h5-8,14,16-17,21,25H,9-13,15H2,1-4H3,(H,26,31). The first-order valence-corrected chi connectivity index (χ1v) is 11.2. The number of amides is 4. The number of hydrogen-bond donors (Lipinski definition) is 2. The van der Waals surface area contributed by atoms with Crippen LogP contribution in [0.15, 0.2) is 30.5 Å². The highest BCUT2D eigenvalue weighted by Gasteiger charge is 2.39. The predicted octanol–water partition coefficient (Wildman–Crippen LogP) is 3.55. The molecule has 2 aromatic rings. The van der Waals surface area contributed by atoms with Gasteiger partial charge in [-0.3, -0.25) is 14.5 Å². The summed E-state index contributed by atoms with van der Waals surface area (Å²) < 4.78 is 0. The Bertz CT molecular complexity index is 922. The van der Waals surface area contributed by atoms with Gasteiger partial charge < -0.3 is 15.2 Å². The first-order chi connectivity index (χ1) is 14.8. The minimum absolute atomic E-state index is 0.169. The van der Waals surface area contributed by atoms with Gasteiger partial charge in [0.05, 0.1) is 0 Å². The average molecular weight is 427 g/mol. The number of benzene rings is 1. The Kier molecular flexibility index (Phi) is 7.36. The first kappa shape index (κ1) is 22.8. The van der Waals surface area contributed by atoms with Gasteiger partial charge in [0.25, 0.3) is 5.91 Å². The number of H-pyrrole nitrogens is 1. The van der Waals surface area contributed by atoms with Gasteiger partial charge in [-0.25, -0.2) is 4.79 Å². The summed E-state index contributed by atoms with van der Waals surface area (Å²) in [6, 6.07) is 6.72. The Morgan fingerprint density at radius 1 is 1.06 bits per heavy atom. The molecule has 0 radical (unpaired) electrons. The molecule has 3 rings (SSSR count). The van der Waals surface area contributed by atoms with Gasteiger partial charge in [-0.1, -0.05) is 45.9 Å². The third kappa shape index (κ3) is 5.66. The van der Waals surface area contributed by atoms with Crippen molar-refractivity contribution in [1.29, 1.82) is 0 Å². The molecule has 0 spiro atoms. The van der Waals surface area contributed by atoms with Crippen molar-refractivity contribution < 1.29 is 14.4 Å². The minimum Gasteiger partial charge on any atom is -0.361 e. The zero-order chi connectivity index (χ0) is 22.5. The average Bonchev–Trinajstić information content (AvgIpc) is 3.24. The molecule has 1 atom stereocenters. The number of fused-ring (bicyclic) bond motifs is 1. The van der Waals surface area contributed by atoms with E-state index in [1.54, 1.807) is 4.90 Å². The van der Waals surface area contributed by atoms with Gasteiger partial charge in [0.15, 0.2) is 0 Å². The van der Waals surface area contributed by atoms with Gasteiger partial charge in [-0.15, -0.1) is 0 Å². The van der Waals surface area contributed by atoms with E-state index in [9.17, 15) is 14.4 Å². The summed E-state index contributed by atoms with van der Waals surface area (Å²) in [4.78, 5) is 44.4. The molecule has 1 aliphatic rings. The highest BCUT2D eigenvalue weighted by atomic mass is 16.2. The van der Waals surface area contributed by atoms with E-state index < -0.39 is 12.1 Å². The lowest BCUT2D eigenvalue weighted by Crippen LogP contribution is -2.44. The molecule has 1 aromatic heterocycles. The van der Waals surface area contributed by atoms with Crippen molar-refractivity contribution in [2.75, 3.05) is 19.6 Å². The Balaban J connectivity index is 1.65. The summed E-state index contributed by atoms with van der Waals surface area (Å²) in [5.41, 5.74) is 1.96. The topological polar surface area (TPSA) is 85.5 Å². The second-order valence-corrected chi connectivity index (χ2v) is 9.24. The van der Waals surface area contributed by atoms with Crippen molar-refractivity contribution in [1.82, 2.24) is 20.1 Å². The van der Waals surface area contributed by atoms with Crippen LogP contribution in [0.2, 0.25) is 0 Å². The largest absolute Gasteiger partial charge is 0.361 e. The van der Waals surface area contributed by atoms with E-state index in [4.69, 9.17) is 0 Å². The summed E-state index contributed by atoms with van der Waals surface area (Å²) in [6.45, 7) is 9.58. The second-order valence-electron chi connectivity index (χ2n) is 9.24. The molecule has 0 aliphatic carbocycles. The molecule has 7 heteroatoms. The maximum Gasteiger partial charge on any atom is 0.325 e. The lowest BCUT2D eigenvalue weighted by atomic mass is 10.1. The summed E-state index contributed by atoms with van der Waals surface area (Å²) in [7, 11) is 0. The number of aromatic amines is 1. The van der Waals surface area contributed by atoms with Crippen LogP contribution in [-0.4, -0.2) is 58.3 Å². The van der Waals surface area contributed by atoms with Gasteiger partial charge in [0, 0.05) is 36.6 Å². The van der Waals surface area contributed by atoms with Crippen molar-refractivity contribution in [3.63, 3.8) is 0 Å². The molecule has 2 heterocycles. The molecule has 1 unspecified atom stereocenters. The van der Waals surface area contributed by atoms with Crippen LogP contribution in [0, 0.1) is 11.8 Å². The fraction of sp³-hybridized carbons (Fsp3) is 0.542. The molecule has 2 N–H and O–H groups in total. The fourth-order valence-corrected chi connectivity index (χ4v) is 3.81. The maximum atomic E-state index is 13.0. The van der Waals surface area contributed by atoms with Gasteiger partial charge in [-0.05, 0) is 36.3 Å². The van der Waals surface area contributed by atoms with E-state index in [-0.39, 0.29) is 18.4 Å².